The Labute approximate surface area is 116 Å². The third kappa shape index (κ3) is 2.29. The highest BCUT2D eigenvalue weighted by molar-refractivity contribution is 5.94. The lowest BCUT2D eigenvalue weighted by Crippen LogP contribution is -2.62. The van der Waals surface area contributed by atoms with Crippen LogP contribution in [0.2, 0.25) is 0 Å². The van der Waals surface area contributed by atoms with Crippen LogP contribution < -0.4 is 5.32 Å². The highest BCUT2D eigenvalue weighted by Crippen LogP contribution is 2.43. The summed E-state index contributed by atoms with van der Waals surface area (Å²) in [5.41, 5.74) is 0.239. The average molecular weight is 280 g/mol. The van der Waals surface area contributed by atoms with Gasteiger partial charge in [0.15, 0.2) is 0 Å². The summed E-state index contributed by atoms with van der Waals surface area (Å²) in [6, 6.07) is 1.22. The second kappa shape index (κ2) is 5.46. The number of carbonyl (C=O) groups excluding carboxylic acids is 1. The summed E-state index contributed by atoms with van der Waals surface area (Å²) in [7, 11) is 1.64. The summed E-state index contributed by atoms with van der Waals surface area (Å²) in [6.07, 6.45) is 3.56. The Morgan fingerprint density at radius 3 is 3.20 bits per heavy atom. The molecular formula is C14H17FN2O3. The highest BCUT2D eigenvalue weighted by Gasteiger charge is 2.54. The van der Waals surface area contributed by atoms with Crippen LogP contribution >= 0.6 is 0 Å². The van der Waals surface area contributed by atoms with Crippen molar-refractivity contribution in [1.29, 1.82) is 0 Å². The van der Waals surface area contributed by atoms with Crippen LogP contribution in [0.5, 0.6) is 0 Å². The Kier molecular flexibility index (Phi) is 3.67. The van der Waals surface area contributed by atoms with Gasteiger partial charge in [0.1, 0.15) is 5.82 Å². The maximum atomic E-state index is 13.1. The molecule has 1 saturated carbocycles. The molecule has 108 valence electrons. The molecule has 1 amide bonds. The van der Waals surface area contributed by atoms with E-state index in [4.69, 9.17) is 9.47 Å². The second-order valence-electron chi connectivity index (χ2n) is 5.30. The van der Waals surface area contributed by atoms with E-state index in [9.17, 15) is 9.18 Å². The summed E-state index contributed by atoms with van der Waals surface area (Å²) in [5, 5.41) is 2.96. The van der Waals surface area contributed by atoms with Gasteiger partial charge in [0.25, 0.3) is 5.91 Å². The highest BCUT2D eigenvalue weighted by atomic mass is 19.1. The van der Waals surface area contributed by atoms with Gasteiger partial charge in [-0.15, -0.1) is 0 Å². The van der Waals surface area contributed by atoms with Gasteiger partial charge in [0.05, 0.1) is 24.5 Å². The van der Waals surface area contributed by atoms with Gasteiger partial charge < -0.3 is 14.8 Å². The quantitative estimate of drug-likeness (QED) is 0.894. The molecule has 0 aromatic carbocycles. The van der Waals surface area contributed by atoms with Crippen molar-refractivity contribution in [2.45, 2.75) is 18.6 Å². The van der Waals surface area contributed by atoms with Crippen LogP contribution in [0.4, 0.5) is 4.39 Å². The number of nitrogens with one attached hydrogen (secondary N) is 1. The zero-order chi connectivity index (χ0) is 14.1. The van der Waals surface area contributed by atoms with Crippen molar-refractivity contribution < 1.29 is 18.7 Å². The number of methoxy groups -OCH3 is 1. The minimum atomic E-state index is -0.512. The van der Waals surface area contributed by atoms with Gasteiger partial charge in [-0.1, -0.05) is 0 Å². The van der Waals surface area contributed by atoms with Crippen LogP contribution in [0.1, 0.15) is 16.8 Å². The van der Waals surface area contributed by atoms with E-state index in [0.717, 1.165) is 19.2 Å². The predicted molar refractivity (Wildman–Crippen MR) is 68.7 cm³/mol. The van der Waals surface area contributed by atoms with E-state index in [1.54, 1.807) is 7.11 Å². The molecule has 0 spiro atoms. The third-order valence-corrected chi connectivity index (χ3v) is 4.15. The molecule has 6 heteroatoms. The normalized spacial score (nSPS) is 31.5. The van der Waals surface area contributed by atoms with Crippen molar-refractivity contribution in [2.75, 3.05) is 20.3 Å². The Morgan fingerprint density at radius 1 is 1.60 bits per heavy atom. The number of fused-ring (bicyclic) bond motifs is 1. The van der Waals surface area contributed by atoms with Crippen LogP contribution in [-0.4, -0.2) is 43.4 Å². The summed E-state index contributed by atoms with van der Waals surface area (Å²) in [4.78, 5) is 15.8. The first kappa shape index (κ1) is 13.5. The molecule has 3 rings (SSSR count). The van der Waals surface area contributed by atoms with Gasteiger partial charge in [-0.3, -0.25) is 9.78 Å². The molecule has 4 atom stereocenters. The van der Waals surface area contributed by atoms with Crippen molar-refractivity contribution in [3.8, 4) is 0 Å². The fourth-order valence-electron chi connectivity index (χ4n) is 3.21. The lowest BCUT2D eigenvalue weighted by molar-refractivity contribution is -0.0809. The number of pyridine rings is 1. The van der Waals surface area contributed by atoms with Crippen molar-refractivity contribution in [3.63, 3.8) is 0 Å². The molecule has 2 heterocycles. The molecule has 0 radical (unpaired) electrons. The van der Waals surface area contributed by atoms with Gasteiger partial charge in [0.2, 0.25) is 0 Å². The van der Waals surface area contributed by atoms with Crippen LogP contribution in [-0.2, 0) is 9.47 Å². The van der Waals surface area contributed by atoms with Crippen LogP contribution in [0.15, 0.2) is 18.5 Å². The molecule has 20 heavy (non-hydrogen) atoms. The summed E-state index contributed by atoms with van der Waals surface area (Å²) in [6.45, 7) is 1.27. The monoisotopic (exact) mass is 280 g/mol. The van der Waals surface area contributed by atoms with Gasteiger partial charge in [-0.2, -0.15) is 0 Å². The molecule has 1 aromatic heterocycles. The first-order valence-electron chi connectivity index (χ1n) is 6.72. The molecule has 0 bridgehead atoms. The maximum absolute atomic E-state index is 13.1. The van der Waals surface area contributed by atoms with Gasteiger partial charge >= 0.3 is 0 Å². The zero-order valence-corrected chi connectivity index (χ0v) is 11.2. The van der Waals surface area contributed by atoms with Crippen molar-refractivity contribution in [1.82, 2.24) is 10.3 Å². The zero-order valence-electron chi connectivity index (χ0n) is 11.2. The summed E-state index contributed by atoms with van der Waals surface area (Å²) in [5.74, 6) is -0.311. The Bertz CT molecular complexity index is 511. The number of nitrogens with zero attached hydrogens (tertiary/aromatic N) is 1. The average Bonchev–Trinajstić information content (AvgIpc) is 2.86. The second-order valence-corrected chi connectivity index (χ2v) is 5.30. The molecule has 2 fully saturated rings. The molecule has 1 saturated heterocycles. The summed E-state index contributed by atoms with van der Waals surface area (Å²) < 4.78 is 23.9. The van der Waals surface area contributed by atoms with Crippen molar-refractivity contribution in [2.24, 2.45) is 11.8 Å². The number of hydrogen-bond donors (Lipinski definition) is 1. The van der Waals surface area contributed by atoms with Crippen LogP contribution in [0.25, 0.3) is 0 Å². The smallest absolute Gasteiger partial charge is 0.253 e. The lowest BCUT2D eigenvalue weighted by atomic mass is 9.67. The van der Waals surface area contributed by atoms with E-state index in [-0.39, 0.29) is 29.5 Å². The number of aromatic nitrogens is 1. The first-order valence-corrected chi connectivity index (χ1v) is 6.72. The third-order valence-electron chi connectivity index (χ3n) is 4.15. The molecule has 1 aromatic rings. The number of ether oxygens (including phenoxy) is 2. The van der Waals surface area contributed by atoms with E-state index in [1.807, 2.05) is 0 Å². The number of halogens is 1. The minimum absolute atomic E-state index is 0.0261. The largest absolute Gasteiger partial charge is 0.384 e. The molecular weight excluding hydrogens is 263 g/mol. The Hall–Kier alpha value is -1.53. The minimum Gasteiger partial charge on any atom is -0.384 e. The maximum Gasteiger partial charge on any atom is 0.253 e. The molecule has 1 aliphatic carbocycles. The SMILES string of the molecule is COC[C@@H]1[C@@H](NC(=O)c2cncc(F)c2)[C@@H]2CCO[C@H]12. The van der Waals surface area contributed by atoms with Gasteiger partial charge in [-0.25, -0.2) is 4.39 Å². The van der Waals surface area contributed by atoms with E-state index < -0.39 is 5.82 Å². The fraction of sp³-hybridized carbons (Fsp3) is 0.571. The van der Waals surface area contributed by atoms with Gasteiger partial charge in [0, 0.05) is 37.8 Å². The standard InChI is InChI=1S/C14H17FN2O3/c1-19-7-11-12(10-2-3-20-13(10)11)17-14(18)8-4-9(15)6-16-5-8/h4-6,10-13H,2-3,7H2,1H3,(H,17,18)/t10-,11+,12-,13-/m0/s1. The fourth-order valence-corrected chi connectivity index (χ4v) is 3.21. The number of amides is 1. The number of carbonyl (C=O) groups is 1. The lowest BCUT2D eigenvalue weighted by Gasteiger charge is -2.47. The molecule has 5 nitrogen and oxygen atoms in total. The Balaban J connectivity index is 1.68. The summed E-state index contributed by atoms with van der Waals surface area (Å²) >= 11 is 0. The van der Waals surface area contributed by atoms with E-state index in [2.05, 4.69) is 10.3 Å². The molecule has 2 aliphatic rings. The van der Waals surface area contributed by atoms with Crippen LogP contribution in [0, 0.1) is 17.7 Å². The van der Waals surface area contributed by atoms with Crippen LogP contribution in [0.3, 0.4) is 0 Å². The van der Waals surface area contributed by atoms with E-state index in [0.29, 0.717) is 12.5 Å². The number of hydrogen-bond acceptors (Lipinski definition) is 4. The van der Waals surface area contributed by atoms with Crippen molar-refractivity contribution >= 4 is 5.91 Å². The van der Waals surface area contributed by atoms with E-state index in [1.165, 1.54) is 12.3 Å². The predicted octanol–water partition coefficient (Wildman–Crippen LogP) is 1.00. The number of rotatable bonds is 4. The molecule has 1 aliphatic heterocycles. The van der Waals surface area contributed by atoms with Crippen molar-refractivity contribution in [3.05, 3.63) is 29.8 Å². The Morgan fingerprint density at radius 2 is 2.45 bits per heavy atom. The molecule has 0 unspecified atom stereocenters. The molecule has 1 N–H and O–H groups in total. The first-order chi connectivity index (χ1) is 9.70. The topological polar surface area (TPSA) is 60.5 Å². The van der Waals surface area contributed by atoms with Gasteiger partial charge in [-0.05, 0) is 12.5 Å². The van der Waals surface area contributed by atoms with E-state index >= 15 is 0 Å².